The van der Waals surface area contributed by atoms with Crippen LogP contribution in [-0.4, -0.2) is 11.3 Å². The van der Waals surface area contributed by atoms with E-state index < -0.39 is 0 Å². The summed E-state index contributed by atoms with van der Waals surface area (Å²) in [5, 5.41) is 0. The van der Waals surface area contributed by atoms with Crippen LogP contribution in [0, 0.1) is 12.7 Å². The highest BCUT2D eigenvalue weighted by atomic mass is 19.1. The second kappa shape index (κ2) is 4.23. The highest BCUT2D eigenvalue weighted by molar-refractivity contribution is 5.79. The summed E-state index contributed by atoms with van der Waals surface area (Å²) in [4.78, 5) is 14.6. The van der Waals surface area contributed by atoms with Crippen LogP contribution in [0.25, 0.3) is 11.1 Å². The number of carbonyl (C=O) groups excluding carboxylic acids is 1. The SMILES string of the molecule is Cc1cncc(-c2cc(C=O)ccc2F)c1. The molecule has 1 aromatic heterocycles. The number of halogens is 1. The van der Waals surface area contributed by atoms with Gasteiger partial charge in [0.05, 0.1) is 0 Å². The first-order valence-electron chi connectivity index (χ1n) is 4.87. The molecule has 2 rings (SSSR count). The molecule has 2 aromatic rings. The number of hydrogen-bond donors (Lipinski definition) is 0. The minimum Gasteiger partial charge on any atom is -0.298 e. The molecule has 0 radical (unpaired) electrons. The molecule has 0 N–H and O–H groups in total. The number of nitrogens with zero attached hydrogens (tertiary/aromatic N) is 1. The van der Waals surface area contributed by atoms with Crippen molar-refractivity contribution in [3.8, 4) is 11.1 Å². The fourth-order valence-corrected chi connectivity index (χ4v) is 1.54. The largest absolute Gasteiger partial charge is 0.298 e. The van der Waals surface area contributed by atoms with Crippen LogP contribution in [0.1, 0.15) is 15.9 Å². The van der Waals surface area contributed by atoms with Crippen molar-refractivity contribution in [2.75, 3.05) is 0 Å². The van der Waals surface area contributed by atoms with Crippen LogP contribution < -0.4 is 0 Å². The first kappa shape index (κ1) is 10.5. The number of aldehydes is 1. The topological polar surface area (TPSA) is 30.0 Å². The zero-order chi connectivity index (χ0) is 11.5. The zero-order valence-electron chi connectivity index (χ0n) is 8.77. The van der Waals surface area contributed by atoms with Gasteiger partial charge in [0, 0.05) is 29.1 Å². The summed E-state index contributed by atoms with van der Waals surface area (Å²) in [5.74, 6) is -0.349. The Labute approximate surface area is 92.8 Å². The van der Waals surface area contributed by atoms with Gasteiger partial charge in [0.15, 0.2) is 0 Å². The van der Waals surface area contributed by atoms with E-state index >= 15 is 0 Å². The van der Waals surface area contributed by atoms with E-state index in [1.165, 1.54) is 18.2 Å². The Morgan fingerprint density at radius 1 is 1.25 bits per heavy atom. The molecule has 0 atom stereocenters. The van der Waals surface area contributed by atoms with Gasteiger partial charge < -0.3 is 0 Å². The lowest BCUT2D eigenvalue weighted by molar-refractivity contribution is 0.112. The summed E-state index contributed by atoms with van der Waals surface area (Å²) < 4.78 is 13.6. The predicted molar refractivity (Wildman–Crippen MR) is 59.8 cm³/mol. The van der Waals surface area contributed by atoms with Gasteiger partial charge in [0.1, 0.15) is 12.1 Å². The van der Waals surface area contributed by atoms with E-state index in [-0.39, 0.29) is 5.82 Å². The second-order valence-electron chi connectivity index (χ2n) is 3.61. The number of aryl methyl sites for hydroxylation is 1. The van der Waals surface area contributed by atoms with Crippen LogP contribution in [0.2, 0.25) is 0 Å². The van der Waals surface area contributed by atoms with Crippen molar-refractivity contribution in [3.63, 3.8) is 0 Å². The number of aromatic nitrogens is 1. The molecule has 0 saturated carbocycles. The summed E-state index contributed by atoms with van der Waals surface area (Å²) in [7, 11) is 0. The van der Waals surface area contributed by atoms with Gasteiger partial charge >= 0.3 is 0 Å². The molecule has 2 nitrogen and oxygen atoms in total. The Balaban J connectivity index is 2.58. The van der Waals surface area contributed by atoms with Crippen molar-refractivity contribution in [2.24, 2.45) is 0 Å². The highest BCUT2D eigenvalue weighted by Gasteiger charge is 2.06. The van der Waals surface area contributed by atoms with Crippen molar-refractivity contribution in [3.05, 3.63) is 53.6 Å². The van der Waals surface area contributed by atoms with Gasteiger partial charge in [-0.3, -0.25) is 9.78 Å². The van der Waals surface area contributed by atoms with Crippen LogP contribution in [0.4, 0.5) is 4.39 Å². The first-order valence-corrected chi connectivity index (χ1v) is 4.87. The van der Waals surface area contributed by atoms with Gasteiger partial charge in [-0.25, -0.2) is 4.39 Å². The predicted octanol–water partition coefficient (Wildman–Crippen LogP) is 3.01. The number of carbonyl (C=O) groups is 1. The summed E-state index contributed by atoms with van der Waals surface area (Å²) in [6, 6.07) is 6.11. The lowest BCUT2D eigenvalue weighted by atomic mass is 10.0. The molecule has 0 aliphatic heterocycles. The smallest absolute Gasteiger partial charge is 0.150 e. The molecule has 0 aliphatic carbocycles. The Morgan fingerprint density at radius 3 is 2.75 bits per heavy atom. The molecule has 0 amide bonds. The highest BCUT2D eigenvalue weighted by Crippen LogP contribution is 2.23. The van der Waals surface area contributed by atoms with E-state index in [1.54, 1.807) is 12.4 Å². The van der Waals surface area contributed by atoms with Crippen LogP contribution >= 0.6 is 0 Å². The van der Waals surface area contributed by atoms with E-state index in [0.29, 0.717) is 23.0 Å². The molecular formula is C13H10FNO. The Morgan fingerprint density at radius 2 is 2.06 bits per heavy atom. The van der Waals surface area contributed by atoms with Crippen LogP contribution in [0.3, 0.4) is 0 Å². The quantitative estimate of drug-likeness (QED) is 0.721. The maximum Gasteiger partial charge on any atom is 0.150 e. The lowest BCUT2D eigenvalue weighted by Gasteiger charge is -2.04. The third-order valence-electron chi connectivity index (χ3n) is 2.31. The fourth-order valence-electron chi connectivity index (χ4n) is 1.54. The Bertz CT molecular complexity index is 537. The molecule has 1 aromatic carbocycles. The minimum absolute atomic E-state index is 0.349. The summed E-state index contributed by atoms with van der Waals surface area (Å²) in [6.45, 7) is 1.89. The molecule has 80 valence electrons. The molecule has 0 bridgehead atoms. The molecule has 0 saturated heterocycles. The van der Waals surface area contributed by atoms with Crippen molar-refractivity contribution >= 4 is 6.29 Å². The molecule has 0 spiro atoms. The van der Waals surface area contributed by atoms with Crippen LogP contribution in [0.5, 0.6) is 0 Å². The lowest BCUT2D eigenvalue weighted by Crippen LogP contribution is -1.89. The zero-order valence-corrected chi connectivity index (χ0v) is 8.77. The molecule has 0 aliphatic rings. The maximum absolute atomic E-state index is 13.6. The van der Waals surface area contributed by atoms with Crippen molar-refractivity contribution in [1.29, 1.82) is 0 Å². The average molecular weight is 215 g/mol. The third kappa shape index (κ3) is 1.98. The molecule has 0 fully saturated rings. The van der Waals surface area contributed by atoms with E-state index in [2.05, 4.69) is 4.98 Å². The second-order valence-corrected chi connectivity index (χ2v) is 3.61. The van der Waals surface area contributed by atoms with Gasteiger partial charge in [-0.15, -0.1) is 0 Å². The van der Waals surface area contributed by atoms with Crippen LogP contribution in [-0.2, 0) is 0 Å². The summed E-state index contributed by atoms with van der Waals surface area (Å²) >= 11 is 0. The number of benzene rings is 1. The Kier molecular flexibility index (Phi) is 2.77. The molecule has 16 heavy (non-hydrogen) atoms. The molecule has 1 heterocycles. The number of rotatable bonds is 2. The molecule has 3 heteroatoms. The summed E-state index contributed by atoms with van der Waals surface area (Å²) in [6.07, 6.45) is 3.98. The summed E-state index contributed by atoms with van der Waals surface area (Å²) in [5.41, 5.74) is 2.49. The monoisotopic (exact) mass is 215 g/mol. The van der Waals surface area contributed by atoms with Crippen molar-refractivity contribution in [2.45, 2.75) is 6.92 Å². The normalized spacial score (nSPS) is 10.1. The van der Waals surface area contributed by atoms with Gasteiger partial charge in [0.2, 0.25) is 0 Å². The van der Waals surface area contributed by atoms with Crippen molar-refractivity contribution in [1.82, 2.24) is 4.98 Å². The van der Waals surface area contributed by atoms with Gasteiger partial charge in [-0.2, -0.15) is 0 Å². The first-order chi connectivity index (χ1) is 7.70. The number of pyridine rings is 1. The van der Waals surface area contributed by atoms with Crippen LogP contribution in [0.15, 0.2) is 36.7 Å². The third-order valence-corrected chi connectivity index (χ3v) is 2.31. The fraction of sp³-hybridized carbons (Fsp3) is 0.0769. The Hall–Kier alpha value is -2.03. The van der Waals surface area contributed by atoms with E-state index in [9.17, 15) is 9.18 Å². The molecular weight excluding hydrogens is 205 g/mol. The van der Waals surface area contributed by atoms with Gasteiger partial charge in [-0.05, 0) is 36.8 Å². The van der Waals surface area contributed by atoms with E-state index in [4.69, 9.17) is 0 Å². The molecule has 0 unspecified atom stereocenters. The van der Waals surface area contributed by atoms with E-state index in [1.807, 2.05) is 13.0 Å². The standard InChI is InChI=1S/C13H10FNO/c1-9-4-11(7-15-6-9)12-5-10(8-16)2-3-13(12)14/h2-8H,1H3. The van der Waals surface area contributed by atoms with Gasteiger partial charge in [-0.1, -0.05) is 0 Å². The maximum atomic E-state index is 13.6. The minimum atomic E-state index is -0.349. The van der Waals surface area contributed by atoms with Crippen molar-refractivity contribution < 1.29 is 9.18 Å². The average Bonchev–Trinajstić information content (AvgIpc) is 2.30. The van der Waals surface area contributed by atoms with E-state index in [0.717, 1.165) is 5.56 Å². The van der Waals surface area contributed by atoms with Gasteiger partial charge in [0.25, 0.3) is 0 Å². The number of hydrogen-bond acceptors (Lipinski definition) is 2.